The molecular formula is C14H21NO2. The molecule has 0 fully saturated rings. The van der Waals surface area contributed by atoms with Gasteiger partial charge in [-0.15, -0.1) is 0 Å². The van der Waals surface area contributed by atoms with Gasteiger partial charge in [0, 0.05) is 18.5 Å². The number of carbonyl (C=O) groups excluding carboxylic acids is 1. The largest absolute Gasteiger partial charge is 0.496 e. The zero-order valence-corrected chi connectivity index (χ0v) is 11.1. The van der Waals surface area contributed by atoms with Crippen LogP contribution in [0.5, 0.6) is 5.75 Å². The van der Waals surface area contributed by atoms with Crippen molar-refractivity contribution in [1.82, 2.24) is 5.32 Å². The second kappa shape index (κ2) is 6.28. The van der Waals surface area contributed by atoms with Gasteiger partial charge in [0.05, 0.1) is 7.11 Å². The van der Waals surface area contributed by atoms with Crippen LogP contribution in [0.25, 0.3) is 0 Å². The van der Waals surface area contributed by atoms with Crippen molar-refractivity contribution in [3.05, 3.63) is 28.8 Å². The first-order chi connectivity index (χ1) is 8.08. The van der Waals surface area contributed by atoms with Gasteiger partial charge in [-0.25, -0.2) is 0 Å². The Kier molecular flexibility index (Phi) is 5.01. The summed E-state index contributed by atoms with van der Waals surface area (Å²) in [6, 6.07) is 4.08. The van der Waals surface area contributed by atoms with Gasteiger partial charge in [0.1, 0.15) is 5.75 Å². The summed E-state index contributed by atoms with van der Waals surface area (Å²) < 4.78 is 5.32. The molecule has 0 heterocycles. The van der Waals surface area contributed by atoms with E-state index in [-0.39, 0.29) is 5.91 Å². The quantitative estimate of drug-likeness (QED) is 0.852. The average Bonchev–Trinajstić information content (AvgIpc) is 2.30. The van der Waals surface area contributed by atoms with E-state index in [4.69, 9.17) is 4.74 Å². The summed E-state index contributed by atoms with van der Waals surface area (Å²) in [6.07, 6.45) is 1.45. The molecule has 0 saturated carbocycles. The Labute approximate surface area is 103 Å². The fraction of sp³-hybridized carbons (Fsp3) is 0.500. The van der Waals surface area contributed by atoms with E-state index in [0.29, 0.717) is 13.0 Å². The van der Waals surface area contributed by atoms with Crippen LogP contribution in [0.4, 0.5) is 0 Å². The fourth-order valence-electron chi connectivity index (χ4n) is 1.69. The van der Waals surface area contributed by atoms with E-state index in [1.807, 2.05) is 13.0 Å². The van der Waals surface area contributed by atoms with Crippen molar-refractivity contribution < 1.29 is 9.53 Å². The van der Waals surface area contributed by atoms with Gasteiger partial charge in [-0.3, -0.25) is 4.79 Å². The lowest BCUT2D eigenvalue weighted by atomic mass is 10.0. The van der Waals surface area contributed by atoms with Crippen molar-refractivity contribution in [2.75, 3.05) is 7.11 Å². The highest BCUT2D eigenvalue weighted by atomic mass is 16.5. The third kappa shape index (κ3) is 3.77. The average molecular weight is 235 g/mol. The van der Waals surface area contributed by atoms with E-state index in [1.165, 1.54) is 11.1 Å². The number of ether oxygens (including phenoxy) is 1. The summed E-state index contributed by atoms with van der Waals surface area (Å²) in [5, 5.41) is 2.90. The monoisotopic (exact) mass is 235 g/mol. The molecule has 0 unspecified atom stereocenters. The van der Waals surface area contributed by atoms with Crippen LogP contribution < -0.4 is 10.1 Å². The molecule has 94 valence electrons. The molecule has 1 aromatic rings. The molecule has 3 heteroatoms. The van der Waals surface area contributed by atoms with Gasteiger partial charge in [-0.1, -0.05) is 13.0 Å². The molecule has 0 radical (unpaired) electrons. The number of methoxy groups -OCH3 is 1. The lowest BCUT2D eigenvalue weighted by molar-refractivity contribution is -0.121. The van der Waals surface area contributed by atoms with Crippen LogP contribution in [0.1, 0.15) is 36.5 Å². The van der Waals surface area contributed by atoms with E-state index >= 15 is 0 Å². The van der Waals surface area contributed by atoms with Crippen LogP contribution >= 0.6 is 0 Å². The maximum Gasteiger partial charge on any atom is 0.220 e. The van der Waals surface area contributed by atoms with Crippen LogP contribution in [0.3, 0.4) is 0 Å². The van der Waals surface area contributed by atoms with Crippen molar-refractivity contribution >= 4 is 5.91 Å². The van der Waals surface area contributed by atoms with Crippen molar-refractivity contribution in [3.63, 3.8) is 0 Å². The van der Waals surface area contributed by atoms with Gasteiger partial charge in [-0.2, -0.15) is 0 Å². The molecule has 17 heavy (non-hydrogen) atoms. The Balaban J connectivity index is 2.76. The molecule has 0 saturated heterocycles. The number of carbonyl (C=O) groups is 1. The summed E-state index contributed by atoms with van der Waals surface area (Å²) in [4.78, 5) is 11.4. The Morgan fingerprint density at radius 3 is 2.53 bits per heavy atom. The van der Waals surface area contributed by atoms with Crippen LogP contribution in [0.15, 0.2) is 12.1 Å². The standard InChI is InChI=1S/C14H21NO2/c1-5-6-14(16)15-9-12-7-10(2)11(3)8-13(12)17-4/h7-8H,5-6,9H2,1-4H3,(H,15,16). The van der Waals surface area contributed by atoms with Gasteiger partial charge in [-0.05, 0) is 37.5 Å². The van der Waals surface area contributed by atoms with E-state index in [2.05, 4.69) is 25.2 Å². The summed E-state index contributed by atoms with van der Waals surface area (Å²) in [7, 11) is 1.65. The summed E-state index contributed by atoms with van der Waals surface area (Å²) in [5.74, 6) is 0.928. The first kappa shape index (κ1) is 13.6. The highest BCUT2D eigenvalue weighted by molar-refractivity contribution is 5.75. The van der Waals surface area contributed by atoms with E-state index in [0.717, 1.165) is 17.7 Å². The number of aryl methyl sites for hydroxylation is 2. The summed E-state index contributed by atoms with van der Waals surface area (Å²) >= 11 is 0. The molecule has 0 aliphatic rings. The molecule has 0 spiro atoms. The first-order valence-electron chi connectivity index (χ1n) is 5.99. The second-order valence-electron chi connectivity index (χ2n) is 4.28. The van der Waals surface area contributed by atoms with Crippen molar-refractivity contribution in [1.29, 1.82) is 0 Å². The molecule has 1 rings (SSSR count). The predicted molar refractivity (Wildman–Crippen MR) is 69.2 cm³/mol. The maximum absolute atomic E-state index is 11.4. The number of hydrogen-bond donors (Lipinski definition) is 1. The Morgan fingerprint density at radius 1 is 1.29 bits per heavy atom. The van der Waals surface area contributed by atoms with Crippen molar-refractivity contribution in [3.8, 4) is 5.75 Å². The fourth-order valence-corrected chi connectivity index (χ4v) is 1.69. The van der Waals surface area contributed by atoms with E-state index < -0.39 is 0 Å². The first-order valence-corrected chi connectivity index (χ1v) is 5.99. The van der Waals surface area contributed by atoms with Gasteiger partial charge >= 0.3 is 0 Å². The van der Waals surface area contributed by atoms with Crippen LogP contribution in [0, 0.1) is 13.8 Å². The molecular weight excluding hydrogens is 214 g/mol. The van der Waals surface area contributed by atoms with Crippen LogP contribution in [-0.2, 0) is 11.3 Å². The number of hydrogen-bond acceptors (Lipinski definition) is 2. The van der Waals surface area contributed by atoms with Gasteiger partial charge in [0.25, 0.3) is 0 Å². The third-order valence-electron chi connectivity index (χ3n) is 2.85. The number of amides is 1. The third-order valence-corrected chi connectivity index (χ3v) is 2.85. The molecule has 1 aromatic carbocycles. The summed E-state index contributed by atoms with van der Waals surface area (Å²) in [6.45, 7) is 6.64. The SMILES string of the molecule is CCCC(=O)NCc1cc(C)c(C)cc1OC. The number of nitrogens with one attached hydrogen (secondary N) is 1. The maximum atomic E-state index is 11.4. The Bertz CT molecular complexity index is 399. The highest BCUT2D eigenvalue weighted by Crippen LogP contribution is 2.22. The van der Waals surface area contributed by atoms with E-state index in [9.17, 15) is 4.79 Å². The van der Waals surface area contributed by atoms with Crippen molar-refractivity contribution in [2.45, 2.75) is 40.2 Å². The molecule has 1 N–H and O–H groups in total. The lowest BCUT2D eigenvalue weighted by Gasteiger charge is -2.12. The topological polar surface area (TPSA) is 38.3 Å². The van der Waals surface area contributed by atoms with Gasteiger partial charge in [0.2, 0.25) is 5.91 Å². The molecule has 0 atom stereocenters. The molecule has 0 aliphatic heterocycles. The highest BCUT2D eigenvalue weighted by Gasteiger charge is 2.07. The lowest BCUT2D eigenvalue weighted by Crippen LogP contribution is -2.22. The Hall–Kier alpha value is -1.51. The molecule has 0 bridgehead atoms. The van der Waals surface area contributed by atoms with Crippen LogP contribution in [-0.4, -0.2) is 13.0 Å². The molecule has 0 aromatic heterocycles. The predicted octanol–water partition coefficient (Wildman–Crippen LogP) is 2.73. The van der Waals surface area contributed by atoms with Gasteiger partial charge in [0.15, 0.2) is 0 Å². The normalized spacial score (nSPS) is 10.1. The number of benzene rings is 1. The minimum Gasteiger partial charge on any atom is -0.496 e. The molecule has 3 nitrogen and oxygen atoms in total. The minimum absolute atomic E-state index is 0.0905. The number of rotatable bonds is 5. The Morgan fingerprint density at radius 2 is 1.94 bits per heavy atom. The zero-order chi connectivity index (χ0) is 12.8. The molecule has 1 amide bonds. The minimum atomic E-state index is 0.0905. The summed E-state index contributed by atoms with van der Waals surface area (Å²) in [5.41, 5.74) is 3.44. The molecule has 0 aliphatic carbocycles. The van der Waals surface area contributed by atoms with E-state index in [1.54, 1.807) is 7.11 Å². The van der Waals surface area contributed by atoms with Crippen molar-refractivity contribution in [2.24, 2.45) is 0 Å². The van der Waals surface area contributed by atoms with Crippen LogP contribution in [0.2, 0.25) is 0 Å². The smallest absolute Gasteiger partial charge is 0.220 e. The van der Waals surface area contributed by atoms with Gasteiger partial charge < -0.3 is 10.1 Å². The zero-order valence-electron chi connectivity index (χ0n) is 11.1. The second-order valence-corrected chi connectivity index (χ2v) is 4.28.